The Kier molecular flexibility index (Phi) is 4.18. The van der Waals surface area contributed by atoms with Crippen LogP contribution in [-0.4, -0.2) is 29.3 Å². The van der Waals surface area contributed by atoms with Crippen LogP contribution in [0.4, 0.5) is 5.69 Å². The average Bonchev–Trinajstić information content (AvgIpc) is 2.84. The van der Waals surface area contributed by atoms with Crippen molar-refractivity contribution in [3.8, 4) is 0 Å². The van der Waals surface area contributed by atoms with E-state index in [-0.39, 0.29) is 5.91 Å². The van der Waals surface area contributed by atoms with E-state index in [1.54, 1.807) is 18.3 Å². The summed E-state index contributed by atoms with van der Waals surface area (Å²) in [6.45, 7) is 3.23. The van der Waals surface area contributed by atoms with E-state index in [1.807, 2.05) is 37.0 Å². The molecule has 1 amide bonds. The molecule has 0 unspecified atom stereocenters. The Morgan fingerprint density at radius 1 is 1.32 bits per heavy atom. The number of benzene rings is 1. The average molecular weight is 258 g/mol. The summed E-state index contributed by atoms with van der Waals surface area (Å²) in [6.07, 6.45) is 3.76. The molecule has 2 rings (SSSR count). The van der Waals surface area contributed by atoms with Crippen molar-refractivity contribution >= 4 is 11.6 Å². The number of aromatic nitrogens is 2. The van der Waals surface area contributed by atoms with E-state index in [0.29, 0.717) is 18.7 Å². The number of hydrogen-bond donors (Lipinski definition) is 2. The van der Waals surface area contributed by atoms with Gasteiger partial charge in [0.2, 0.25) is 0 Å². The first-order valence-electron chi connectivity index (χ1n) is 6.24. The van der Waals surface area contributed by atoms with Crippen LogP contribution in [0.15, 0.2) is 36.7 Å². The van der Waals surface area contributed by atoms with Gasteiger partial charge in [0.05, 0.1) is 12.7 Å². The monoisotopic (exact) mass is 258 g/mol. The van der Waals surface area contributed by atoms with Crippen molar-refractivity contribution < 1.29 is 4.79 Å². The van der Waals surface area contributed by atoms with Crippen LogP contribution < -0.4 is 10.6 Å². The van der Waals surface area contributed by atoms with Gasteiger partial charge < -0.3 is 10.6 Å². The number of carbonyl (C=O) groups excluding carboxylic acids is 1. The van der Waals surface area contributed by atoms with Gasteiger partial charge in [0.1, 0.15) is 0 Å². The van der Waals surface area contributed by atoms with Crippen LogP contribution >= 0.6 is 0 Å². The highest BCUT2D eigenvalue weighted by atomic mass is 16.1. The molecule has 1 aromatic carbocycles. The molecule has 2 aromatic rings. The molecule has 0 saturated heterocycles. The van der Waals surface area contributed by atoms with Gasteiger partial charge in [-0.25, -0.2) is 0 Å². The molecule has 0 aliphatic rings. The number of rotatable bonds is 5. The standard InChI is InChI=1S/C14H18N4O/c1-11-9-17-18(10-11)8-7-16-14(19)12-3-5-13(15-2)6-4-12/h3-6,9-10,15H,7-8H2,1-2H3,(H,16,19). The Morgan fingerprint density at radius 2 is 2.05 bits per heavy atom. The van der Waals surface area contributed by atoms with Crippen LogP contribution in [0, 0.1) is 6.92 Å². The zero-order valence-electron chi connectivity index (χ0n) is 11.2. The first-order valence-corrected chi connectivity index (χ1v) is 6.24. The summed E-state index contributed by atoms with van der Waals surface area (Å²) in [5.41, 5.74) is 2.77. The first-order chi connectivity index (χ1) is 9.19. The molecule has 0 aliphatic carbocycles. The number of nitrogens with zero attached hydrogens (tertiary/aromatic N) is 2. The van der Waals surface area contributed by atoms with Gasteiger partial charge in [-0.2, -0.15) is 5.10 Å². The fraction of sp³-hybridized carbons (Fsp3) is 0.286. The first kappa shape index (κ1) is 13.1. The Bertz CT molecular complexity index is 545. The van der Waals surface area contributed by atoms with Crippen molar-refractivity contribution in [2.75, 3.05) is 18.9 Å². The van der Waals surface area contributed by atoms with Crippen LogP contribution in [0.2, 0.25) is 0 Å². The van der Waals surface area contributed by atoms with E-state index < -0.39 is 0 Å². The topological polar surface area (TPSA) is 59.0 Å². The summed E-state index contributed by atoms with van der Waals surface area (Å²) in [5.74, 6) is -0.0634. The summed E-state index contributed by atoms with van der Waals surface area (Å²) in [6, 6.07) is 7.37. The van der Waals surface area contributed by atoms with Gasteiger partial charge in [-0.05, 0) is 36.8 Å². The maximum Gasteiger partial charge on any atom is 0.251 e. The van der Waals surface area contributed by atoms with Gasteiger partial charge in [-0.1, -0.05) is 0 Å². The highest BCUT2D eigenvalue weighted by molar-refractivity contribution is 5.94. The fourth-order valence-electron chi connectivity index (χ4n) is 1.76. The lowest BCUT2D eigenvalue weighted by Gasteiger charge is -2.06. The van der Waals surface area contributed by atoms with E-state index in [4.69, 9.17) is 0 Å². The molecule has 0 saturated carbocycles. The molecule has 5 heteroatoms. The molecule has 1 aromatic heterocycles. The molecule has 19 heavy (non-hydrogen) atoms. The van der Waals surface area contributed by atoms with Crippen LogP contribution in [0.1, 0.15) is 15.9 Å². The minimum Gasteiger partial charge on any atom is -0.388 e. The summed E-state index contributed by atoms with van der Waals surface area (Å²) >= 11 is 0. The Morgan fingerprint density at radius 3 is 2.63 bits per heavy atom. The van der Waals surface area contributed by atoms with Crippen LogP contribution in [0.3, 0.4) is 0 Å². The number of anilines is 1. The van der Waals surface area contributed by atoms with Gasteiger partial charge >= 0.3 is 0 Å². The Labute approximate surface area is 112 Å². The maximum atomic E-state index is 11.9. The van der Waals surface area contributed by atoms with Crippen molar-refractivity contribution in [1.29, 1.82) is 0 Å². The summed E-state index contributed by atoms with van der Waals surface area (Å²) in [5, 5.41) is 10.1. The molecule has 5 nitrogen and oxygen atoms in total. The normalized spacial score (nSPS) is 10.2. The lowest BCUT2D eigenvalue weighted by molar-refractivity contribution is 0.0952. The molecular formula is C14H18N4O. The van der Waals surface area contributed by atoms with Crippen molar-refractivity contribution in [1.82, 2.24) is 15.1 Å². The second-order valence-electron chi connectivity index (χ2n) is 4.36. The second kappa shape index (κ2) is 6.04. The molecule has 2 N–H and O–H groups in total. The van der Waals surface area contributed by atoms with E-state index in [9.17, 15) is 4.79 Å². The minimum atomic E-state index is -0.0634. The third-order valence-corrected chi connectivity index (χ3v) is 2.82. The van der Waals surface area contributed by atoms with Crippen molar-refractivity contribution in [2.24, 2.45) is 0 Å². The van der Waals surface area contributed by atoms with Crippen molar-refractivity contribution in [3.05, 3.63) is 47.8 Å². The zero-order valence-corrected chi connectivity index (χ0v) is 11.2. The highest BCUT2D eigenvalue weighted by Gasteiger charge is 2.04. The van der Waals surface area contributed by atoms with Crippen molar-refractivity contribution in [3.63, 3.8) is 0 Å². The maximum absolute atomic E-state index is 11.9. The predicted molar refractivity (Wildman–Crippen MR) is 75.3 cm³/mol. The number of nitrogens with one attached hydrogen (secondary N) is 2. The summed E-state index contributed by atoms with van der Waals surface area (Å²) in [4.78, 5) is 11.9. The Balaban J connectivity index is 1.83. The zero-order chi connectivity index (χ0) is 13.7. The quantitative estimate of drug-likeness (QED) is 0.857. The SMILES string of the molecule is CNc1ccc(C(=O)NCCn2cc(C)cn2)cc1. The van der Waals surface area contributed by atoms with E-state index in [0.717, 1.165) is 11.3 Å². The van der Waals surface area contributed by atoms with Gasteiger partial charge in [-0.3, -0.25) is 9.48 Å². The number of hydrogen-bond acceptors (Lipinski definition) is 3. The van der Waals surface area contributed by atoms with E-state index in [2.05, 4.69) is 15.7 Å². The molecule has 0 bridgehead atoms. The Hall–Kier alpha value is -2.30. The molecule has 0 fully saturated rings. The lowest BCUT2D eigenvalue weighted by Crippen LogP contribution is -2.27. The predicted octanol–water partition coefficient (Wildman–Crippen LogP) is 1.66. The molecular weight excluding hydrogens is 240 g/mol. The third kappa shape index (κ3) is 3.58. The number of amides is 1. The van der Waals surface area contributed by atoms with Gasteiger partial charge in [0.15, 0.2) is 0 Å². The number of carbonyl (C=O) groups is 1. The lowest BCUT2D eigenvalue weighted by atomic mass is 10.2. The van der Waals surface area contributed by atoms with Crippen LogP contribution in [0.5, 0.6) is 0 Å². The largest absolute Gasteiger partial charge is 0.388 e. The number of aryl methyl sites for hydroxylation is 1. The minimum absolute atomic E-state index is 0.0634. The molecule has 1 heterocycles. The molecule has 0 atom stereocenters. The summed E-state index contributed by atoms with van der Waals surface area (Å²) in [7, 11) is 1.85. The van der Waals surface area contributed by atoms with Gasteiger partial charge in [-0.15, -0.1) is 0 Å². The molecule has 100 valence electrons. The molecule has 0 radical (unpaired) electrons. The third-order valence-electron chi connectivity index (χ3n) is 2.82. The van der Waals surface area contributed by atoms with E-state index in [1.165, 1.54) is 0 Å². The van der Waals surface area contributed by atoms with Gasteiger partial charge in [0.25, 0.3) is 5.91 Å². The fourth-order valence-corrected chi connectivity index (χ4v) is 1.76. The molecule has 0 aliphatic heterocycles. The van der Waals surface area contributed by atoms with Crippen molar-refractivity contribution in [2.45, 2.75) is 13.5 Å². The second-order valence-corrected chi connectivity index (χ2v) is 4.36. The highest BCUT2D eigenvalue weighted by Crippen LogP contribution is 2.08. The van der Waals surface area contributed by atoms with Crippen LogP contribution in [0.25, 0.3) is 0 Å². The summed E-state index contributed by atoms with van der Waals surface area (Å²) < 4.78 is 1.82. The smallest absolute Gasteiger partial charge is 0.251 e. The van der Waals surface area contributed by atoms with Crippen LogP contribution in [-0.2, 0) is 6.54 Å². The van der Waals surface area contributed by atoms with Gasteiger partial charge in [0, 0.05) is 31.0 Å². The molecule has 0 spiro atoms. The van der Waals surface area contributed by atoms with E-state index >= 15 is 0 Å².